The summed E-state index contributed by atoms with van der Waals surface area (Å²) in [4.78, 5) is 2.40. The zero-order valence-corrected chi connectivity index (χ0v) is 9.15. The molecule has 3 nitrogen and oxygen atoms in total. The fourth-order valence-electron chi connectivity index (χ4n) is 1.95. The average Bonchev–Trinajstić information content (AvgIpc) is 2.29. The van der Waals surface area contributed by atoms with Crippen molar-refractivity contribution in [1.29, 1.82) is 0 Å². The van der Waals surface area contributed by atoms with Crippen LogP contribution in [0.15, 0.2) is 24.3 Å². The molecule has 1 aliphatic heterocycles. The van der Waals surface area contributed by atoms with E-state index >= 15 is 0 Å². The third kappa shape index (κ3) is 2.49. The Hall–Kier alpha value is -1.06. The Balaban J connectivity index is 2.09. The lowest BCUT2D eigenvalue weighted by molar-refractivity contribution is -0.0281. The summed E-state index contributed by atoms with van der Waals surface area (Å²) < 4.78 is 5.75. The number of morpholine rings is 1. The molecule has 0 spiro atoms. The molecule has 2 rings (SSSR count). The van der Waals surface area contributed by atoms with Crippen LogP contribution in [0.1, 0.15) is 18.6 Å². The van der Waals surface area contributed by atoms with Crippen LogP contribution < -0.4 is 5.73 Å². The predicted molar refractivity (Wildman–Crippen MR) is 61.7 cm³/mol. The van der Waals surface area contributed by atoms with Crippen LogP contribution >= 0.6 is 0 Å². The number of anilines is 1. The number of benzene rings is 1. The summed E-state index contributed by atoms with van der Waals surface area (Å²) in [7, 11) is 0. The molecule has 0 bridgehead atoms. The van der Waals surface area contributed by atoms with E-state index in [-0.39, 0.29) is 6.10 Å². The van der Waals surface area contributed by atoms with Gasteiger partial charge in [-0.25, -0.2) is 0 Å². The topological polar surface area (TPSA) is 38.5 Å². The van der Waals surface area contributed by atoms with Gasteiger partial charge in [-0.1, -0.05) is 19.1 Å². The smallest absolute Gasteiger partial charge is 0.0953 e. The highest BCUT2D eigenvalue weighted by atomic mass is 16.5. The Labute approximate surface area is 90.8 Å². The zero-order chi connectivity index (χ0) is 10.7. The van der Waals surface area contributed by atoms with E-state index < -0.39 is 0 Å². The fourth-order valence-corrected chi connectivity index (χ4v) is 1.95. The van der Waals surface area contributed by atoms with Crippen molar-refractivity contribution < 1.29 is 4.74 Å². The molecule has 2 N–H and O–H groups in total. The average molecular weight is 206 g/mol. The summed E-state index contributed by atoms with van der Waals surface area (Å²) in [5, 5.41) is 0. The maximum absolute atomic E-state index is 5.76. The highest BCUT2D eigenvalue weighted by Gasteiger charge is 2.20. The highest BCUT2D eigenvalue weighted by Crippen LogP contribution is 2.23. The molecule has 3 heteroatoms. The molecular weight excluding hydrogens is 188 g/mol. The number of nitrogen functional groups attached to an aromatic ring is 1. The van der Waals surface area contributed by atoms with Gasteiger partial charge in [-0.3, -0.25) is 4.90 Å². The number of ether oxygens (including phenoxy) is 1. The van der Waals surface area contributed by atoms with Crippen LogP contribution in [-0.4, -0.2) is 31.1 Å². The SMILES string of the molecule is CCN1CCOC(c2cccc(N)c2)C1. The van der Waals surface area contributed by atoms with Crippen molar-refractivity contribution in [1.82, 2.24) is 4.90 Å². The van der Waals surface area contributed by atoms with Crippen molar-refractivity contribution in [3.63, 3.8) is 0 Å². The van der Waals surface area contributed by atoms with Crippen LogP contribution in [0.2, 0.25) is 0 Å². The van der Waals surface area contributed by atoms with Gasteiger partial charge in [-0.15, -0.1) is 0 Å². The minimum absolute atomic E-state index is 0.183. The van der Waals surface area contributed by atoms with Gasteiger partial charge in [0.25, 0.3) is 0 Å². The number of likely N-dealkylation sites (N-methyl/N-ethyl adjacent to an activating group) is 1. The lowest BCUT2D eigenvalue weighted by Crippen LogP contribution is -2.38. The molecule has 0 radical (unpaired) electrons. The molecule has 1 heterocycles. The maximum atomic E-state index is 5.76. The lowest BCUT2D eigenvalue weighted by atomic mass is 10.1. The van der Waals surface area contributed by atoms with E-state index in [0.29, 0.717) is 0 Å². The van der Waals surface area contributed by atoms with E-state index in [9.17, 15) is 0 Å². The molecule has 0 saturated carbocycles. The lowest BCUT2D eigenvalue weighted by Gasteiger charge is -2.32. The fraction of sp³-hybridized carbons (Fsp3) is 0.500. The van der Waals surface area contributed by atoms with E-state index in [4.69, 9.17) is 10.5 Å². The van der Waals surface area contributed by atoms with Gasteiger partial charge in [-0.2, -0.15) is 0 Å². The summed E-state index contributed by atoms with van der Waals surface area (Å²) in [5.74, 6) is 0. The summed E-state index contributed by atoms with van der Waals surface area (Å²) in [6.07, 6.45) is 0.183. The molecule has 1 fully saturated rings. The van der Waals surface area contributed by atoms with Gasteiger partial charge in [-0.05, 0) is 24.2 Å². The summed E-state index contributed by atoms with van der Waals surface area (Å²) in [5.41, 5.74) is 7.76. The number of nitrogens with two attached hydrogens (primary N) is 1. The first-order chi connectivity index (χ1) is 7.29. The largest absolute Gasteiger partial charge is 0.399 e. The van der Waals surface area contributed by atoms with Crippen molar-refractivity contribution in [2.45, 2.75) is 13.0 Å². The molecule has 1 unspecified atom stereocenters. The number of rotatable bonds is 2. The van der Waals surface area contributed by atoms with Crippen molar-refractivity contribution >= 4 is 5.69 Å². The number of hydrogen-bond acceptors (Lipinski definition) is 3. The second kappa shape index (κ2) is 4.64. The van der Waals surface area contributed by atoms with Gasteiger partial charge in [0.05, 0.1) is 12.7 Å². The molecule has 1 saturated heterocycles. The second-order valence-corrected chi connectivity index (χ2v) is 3.92. The molecule has 1 atom stereocenters. The van der Waals surface area contributed by atoms with E-state index in [1.165, 1.54) is 5.56 Å². The van der Waals surface area contributed by atoms with Crippen LogP contribution in [0, 0.1) is 0 Å². The molecule has 15 heavy (non-hydrogen) atoms. The van der Waals surface area contributed by atoms with Crippen LogP contribution in [0.5, 0.6) is 0 Å². The van der Waals surface area contributed by atoms with Gasteiger partial charge >= 0.3 is 0 Å². The highest BCUT2D eigenvalue weighted by molar-refractivity contribution is 5.41. The van der Waals surface area contributed by atoms with E-state index in [1.54, 1.807) is 0 Å². The molecule has 1 aromatic carbocycles. The first-order valence-corrected chi connectivity index (χ1v) is 5.49. The predicted octanol–water partition coefficient (Wildman–Crippen LogP) is 1.66. The molecule has 82 valence electrons. The minimum Gasteiger partial charge on any atom is -0.399 e. The second-order valence-electron chi connectivity index (χ2n) is 3.92. The van der Waals surface area contributed by atoms with Gasteiger partial charge in [0.2, 0.25) is 0 Å². The zero-order valence-electron chi connectivity index (χ0n) is 9.15. The van der Waals surface area contributed by atoms with Crippen molar-refractivity contribution in [2.24, 2.45) is 0 Å². The Morgan fingerprint density at radius 2 is 2.40 bits per heavy atom. The van der Waals surface area contributed by atoms with Gasteiger partial charge in [0, 0.05) is 18.8 Å². The summed E-state index contributed by atoms with van der Waals surface area (Å²) in [6, 6.07) is 7.98. The quantitative estimate of drug-likeness (QED) is 0.748. The summed E-state index contributed by atoms with van der Waals surface area (Å²) >= 11 is 0. The normalized spacial score (nSPS) is 22.9. The number of nitrogens with zero attached hydrogens (tertiary/aromatic N) is 1. The molecule has 1 aliphatic rings. The molecule has 0 aromatic heterocycles. The van der Waals surface area contributed by atoms with Crippen molar-refractivity contribution in [2.75, 3.05) is 32.0 Å². The standard InChI is InChI=1S/C12H18N2O/c1-2-14-6-7-15-12(9-14)10-4-3-5-11(13)8-10/h3-5,8,12H,2,6-7,9,13H2,1H3. The van der Waals surface area contributed by atoms with Crippen molar-refractivity contribution in [3.8, 4) is 0 Å². The third-order valence-electron chi connectivity index (χ3n) is 2.88. The minimum atomic E-state index is 0.183. The molecule has 1 aromatic rings. The Kier molecular flexibility index (Phi) is 3.23. The maximum Gasteiger partial charge on any atom is 0.0953 e. The molecular formula is C12H18N2O. The monoisotopic (exact) mass is 206 g/mol. The summed E-state index contributed by atoms with van der Waals surface area (Å²) in [6.45, 7) is 6.09. The Bertz CT molecular complexity index is 327. The molecule has 0 amide bonds. The first kappa shape index (κ1) is 10.5. The van der Waals surface area contributed by atoms with Gasteiger partial charge in [0.1, 0.15) is 0 Å². The Morgan fingerprint density at radius 3 is 3.13 bits per heavy atom. The molecule has 0 aliphatic carbocycles. The van der Waals surface area contributed by atoms with E-state index in [0.717, 1.165) is 31.9 Å². The van der Waals surface area contributed by atoms with Crippen LogP contribution in [0.3, 0.4) is 0 Å². The van der Waals surface area contributed by atoms with E-state index in [1.807, 2.05) is 18.2 Å². The third-order valence-corrected chi connectivity index (χ3v) is 2.88. The van der Waals surface area contributed by atoms with Crippen LogP contribution in [0.4, 0.5) is 5.69 Å². The van der Waals surface area contributed by atoms with Gasteiger partial charge < -0.3 is 10.5 Å². The van der Waals surface area contributed by atoms with Crippen LogP contribution in [-0.2, 0) is 4.74 Å². The first-order valence-electron chi connectivity index (χ1n) is 5.49. The number of hydrogen-bond donors (Lipinski definition) is 1. The van der Waals surface area contributed by atoms with E-state index in [2.05, 4.69) is 17.9 Å². The van der Waals surface area contributed by atoms with Crippen molar-refractivity contribution in [3.05, 3.63) is 29.8 Å². The van der Waals surface area contributed by atoms with Gasteiger partial charge in [0.15, 0.2) is 0 Å². The Morgan fingerprint density at radius 1 is 1.53 bits per heavy atom. The van der Waals surface area contributed by atoms with Crippen LogP contribution in [0.25, 0.3) is 0 Å².